The molecule has 0 fully saturated rings. The highest BCUT2D eigenvalue weighted by atomic mass is 32.9. The zero-order chi connectivity index (χ0) is 13.4. The molecule has 1 amide bonds. The third-order valence-corrected chi connectivity index (χ3v) is 2.99. The van der Waals surface area contributed by atoms with Gasteiger partial charge in [-0.05, 0) is 25.0 Å². The van der Waals surface area contributed by atoms with Gasteiger partial charge in [-0.3, -0.25) is 13.5 Å². The quantitative estimate of drug-likeness (QED) is 0.581. The summed E-state index contributed by atoms with van der Waals surface area (Å²) in [5.74, 6) is 0. The molecule has 1 unspecified atom stereocenters. The molecule has 5 nitrogen and oxygen atoms in total. The van der Waals surface area contributed by atoms with Gasteiger partial charge in [0.15, 0.2) is 0 Å². The highest BCUT2D eigenvalue weighted by Gasteiger charge is 2.04. The number of amides is 1. The summed E-state index contributed by atoms with van der Waals surface area (Å²) in [5.41, 5.74) is 0.822. The molecule has 0 aliphatic heterocycles. The molecule has 0 bridgehead atoms. The van der Waals surface area contributed by atoms with Crippen LogP contribution in [0.25, 0.3) is 0 Å². The van der Waals surface area contributed by atoms with Crippen LogP contribution in [-0.2, 0) is 29.2 Å². The van der Waals surface area contributed by atoms with Crippen molar-refractivity contribution in [1.29, 1.82) is 0 Å². The van der Waals surface area contributed by atoms with Crippen LogP contribution in [0.1, 0.15) is 12.8 Å². The topological polar surface area (TPSA) is 66.8 Å². The Bertz CT molecular complexity index is 461. The molecule has 7 heteroatoms. The van der Waals surface area contributed by atoms with Crippen molar-refractivity contribution in [2.45, 2.75) is 12.8 Å². The van der Waals surface area contributed by atoms with Gasteiger partial charge >= 0.3 is 0 Å². The van der Waals surface area contributed by atoms with Gasteiger partial charge in [0, 0.05) is 23.4 Å². The summed E-state index contributed by atoms with van der Waals surface area (Å²) in [7, 11) is -3.53. The Hall–Kier alpha value is -1.02. The minimum Gasteiger partial charge on any atom is -0.315 e. The van der Waals surface area contributed by atoms with E-state index < -0.39 is 9.05 Å². The Labute approximate surface area is 111 Å². The van der Waals surface area contributed by atoms with Gasteiger partial charge in [0.25, 0.3) is 9.05 Å². The summed E-state index contributed by atoms with van der Waals surface area (Å²) < 4.78 is 23.9. The van der Waals surface area contributed by atoms with E-state index in [-0.39, 0.29) is 6.61 Å². The number of hydrogen-bond acceptors (Lipinski definition) is 4. The first kappa shape index (κ1) is 15.0. The van der Waals surface area contributed by atoms with E-state index in [9.17, 15) is 9.00 Å². The van der Waals surface area contributed by atoms with Gasteiger partial charge in [-0.2, -0.15) is 4.21 Å². The number of benzene rings is 1. The standard InChI is InChI=1S/C11H15NO4S2/c13-10-12(11-6-2-1-3-7-11)8-4-5-9-16-18(14,15)17/h1-3,6-7,10H,4-5,8-9H2,(H,14,15,17). The van der Waals surface area contributed by atoms with Crippen LogP contribution >= 0.6 is 0 Å². The second-order valence-electron chi connectivity index (χ2n) is 3.59. The Morgan fingerprint density at radius 1 is 1.33 bits per heavy atom. The predicted octanol–water partition coefficient (Wildman–Crippen LogP) is 1.58. The van der Waals surface area contributed by atoms with Crippen molar-refractivity contribution in [2.24, 2.45) is 0 Å². The molecule has 1 atom stereocenters. The lowest BCUT2D eigenvalue weighted by atomic mass is 10.2. The Kier molecular flexibility index (Phi) is 6.20. The maximum absolute atomic E-state index is 10.9. The lowest BCUT2D eigenvalue weighted by Crippen LogP contribution is -2.22. The first-order chi connectivity index (χ1) is 8.53. The zero-order valence-electron chi connectivity index (χ0n) is 9.73. The van der Waals surface area contributed by atoms with Crippen LogP contribution in [0.4, 0.5) is 5.69 Å². The molecule has 0 heterocycles. The van der Waals surface area contributed by atoms with Gasteiger partial charge in [0.2, 0.25) is 6.41 Å². The lowest BCUT2D eigenvalue weighted by Gasteiger charge is -2.16. The summed E-state index contributed by atoms with van der Waals surface area (Å²) in [6.45, 7) is 0.640. The van der Waals surface area contributed by atoms with Gasteiger partial charge in [0.1, 0.15) is 0 Å². The van der Waals surface area contributed by atoms with E-state index in [0.717, 1.165) is 12.1 Å². The van der Waals surface area contributed by atoms with E-state index in [2.05, 4.69) is 15.4 Å². The number of carbonyl (C=O) groups excluding carboxylic acids is 1. The molecule has 0 aliphatic carbocycles. The van der Waals surface area contributed by atoms with Gasteiger partial charge in [-0.25, -0.2) is 0 Å². The fourth-order valence-corrected chi connectivity index (χ4v) is 1.94. The number of anilines is 1. The smallest absolute Gasteiger partial charge is 0.266 e. The predicted molar refractivity (Wildman–Crippen MR) is 73.2 cm³/mol. The molecule has 1 aromatic carbocycles. The molecule has 100 valence electrons. The van der Waals surface area contributed by atoms with Crippen molar-refractivity contribution in [3.8, 4) is 0 Å². The molecule has 0 saturated heterocycles. The Morgan fingerprint density at radius 2 is 2.00 bits per heavy atom. The zero-order valence-corrected chi connectivity index (χ0v) is 11.4. The van der Waals surface area contributed by atoms with Gasteiger partial charge in [0.05, 0.1) is 6.61 Å². The summed E-state index contributed by atoms with van der Waals surface area (Å²) in [5, 5.41) is 0. The summed E-state index contributed by atoms with van der Waals surface area (Å²) in [6, 6.07) is 9.27. The normalized spacial score (nSPS) is 13.8. The lowest BCUT2D eigenvalue weighted by molar-refractivity contribution is -0.107. The van der Waals surface area contributed by atoms with E-state index in [0.29, 0.717) is 19.4 Å². The van der Waals surface area contributed by atoms with Crippen LogP contribution in [-0.4, -0.2) is 28.3 Å². The molecule has 1 aromatic rings. The first-order valence-corrected chi connectivity index (χ1v) is 7.78. The maximum Gasteiger partial charge on any atom is 0.266 e. The number of para-hydroxylation sites is 1. The molecule has 0 aliphatic rings. The van der Waals surface area contributed by atoms with Crippen molar-refractivity contribution in [3.05, 3.63) is 30.3 Å². The molecule has 0 radical (unpaired) electrons. The van der Waals surface area contributed by atoms with Crippen molar-refractivity contribution in [1.82, 2.24) is 0 Å². The van der Waals surface area contributed by atoms with Crippen LogP contribution in [0.2, 0.25) is 0 Å². The Morgan fingerprint density at radius 3 is 2.56 bits per heavy atom. The minimum absolute atomic E-state index is 0.111. The van der Waals surface area contributed by atoms with Crippen LogP contribution in [0.3, 0.4) is 0 Å². The van der Waals surface area contributed by atoms with Gasteiger partial charge < -0.3 is 4.90 Å². The van der Waals surface area contributed by atoms with E-state index >= 15 is 0 Å². The fraction of sp³-hybridized carbons (Fsp3) is 0.364. The van der Waals surface area contributed by atoms with Crippen LogP contribution in [0.15, 0.2) is 30.3 Å². The van der Waals surface area contributed by atoms with Crippen LogP contribution < -0.4 is 4.90 Å². The van der Waals surface area contributed by atoms with Gasteiger partial charge in [-0.1, -0.05) is 18.2 Å². The molecule has 18 heavy (non-hydrogen) atoms. The third-order valence-electron chi connectivity index (χ3n) is 2.24. The first-order valence-electron chi connectivity index (χ1n) is 5.42. The third kappa shape index (κ3) is 6.06. The maximum atomic E-state index is 10.9. The van der Waals surface area contributed by atoms with Crippen molar-refractivity contribution in [3.63, 3.8) is 0 Å². The summed E-state index contributed by atoms with van der Waals surface area (Å²) >= 11 is 4.18. The second kappa shape index (κ2) is 7.42. The average molecular weight is 289 g/mol. The summed E-state index contributed by atoms with van der Waals surface area (Å²) in [6.07, 6.45) is 1.99. The van der Waals surface area contributed by atoms with E-state index in [1.165, 1.54) is 0 Å². The number of hydrogen-bond donors (Lipinski definition) is 1. The van der Waals surface area contributed by atoms with E-state index in [1.54, 1.807) is 4.90 Å². The van der Waals surface area contributed by atoms with E-state index in [1.807, 2.05) is 30.3 Å². The highest BCUT2D eigenvalue weighted by molar-refractivity contribution is 8.27. The molecule has 1 rings (SSSR count). The fourth-order valence-electron chi connectivity index (χ4n) is 1.41. The van der Waals surface area contributed by atoms with Crippen molar-refractivity contribution >= 4 is 32.3 Å². The number of unbranched alkanes of at least 4 members (excludes halogenated alkanes) is 1. The molecular formula is C11H15NO4S2. The van der Waals surface area contributed by atoms with E-state index in [4.69, 9.17) is 4.55 Å². The van der Waals surface area contributed by atoms with Gasteiger partial charge in [-0.15, -0.1) is 0 Å². The Balaban J connectivity index is 2.31. The number of carbonyl (C=O) groups is 1. The molecular weight excluding hydrogens is 274 g/mol. The molecule has 0 aromatic heterocycles. The van der Waals surface area contributed by atoms with Crippen molar-refractivity contribution in [2.75, 3.05) is 18.1 Å². The van der Waals surface area contributed by atoms with Crippen molar-refractivity contribution < 1.29 is 17.7 Å². The number of nitrogens with zero attached hydrogens (tertiary/aromatic N) is 1. The average Bonchev–Trinajstić information content (AvgIpc) is 2.33. The van der Waals surface area contributed by atoms with Crippen LogP contribution in [0.5, 0.6) is 0 Å². The minimum atomic E-state index is -3.53. The number of rotatable bonds is 8. The molecule has 0 spiro atoms. The SMILES string of the molecule is O=CN(CCCCOS(=O)(O)=S)c1ccccc1. The largest absolute Gasteiger partial charge is 0.315 e. The monoisotopic (exact) mass is 289 g/mol. The second-order valence-corrected chi connectivity index (χ2v) is 5.95. The molecule has 1 N–H and O–H groups in total. The highest BCUT2D eigenvalue weighted by Crippen LogP contribution is 2.11. The van der Waals surface area contributed by atoms with Crippen LogP contribution in [0, 0.1) is 0 Å². The molecule has 0 saturated carbocycles. The summed E-state index contributed by atoms with van der Waals surface area (Å²) in [4.78, 5) is 12.5.